The molecule has 4 nitrogen and oxygen atoms in total. The van der Waals surface area contributed by atoms with Gasteiger partial charge in [-0.05, 0) is 35.4 Å². The van der Waals surface area contributed by atoms with Gasteiger partial charge in [-0.1, -0.05) is 74.5 Å². The summed E-state index contributed by atoms with van der Waals surface area (Å²) in [4.78, 5) is 24.6. The Morgan fingerprint density at radius 3 is 1.68 bits per heavy atom. The zero-order chi connectivity index (χ0) is 19.9. The van der Waals surface area contributed by atoms with Gasteiger partial charge >= 0.3 is 0 Å². The number of rotatable bonds is 6. The van der Waals surface area contributed by atoms with Gasteiger partial charge in [0.2, 0.25) is 5.91 Å². The van der Waals surface area contributed by atoms with Crippen LogP contribution in [0.2, 0.25) is 0 Å². The van der Waals surface area contributed by atoms with Crippen molar-refractivity contribution in [3.05, 3.63) is 102 Å². The lowest BCUT2D eigenvalue weighted by atomic mass is 9.98. The van der Waals surface area contributed by atoms with Crippen LogP contribution in [0.3, 0.4) is 0 Å². The third-order valence-electron chi connectivity index (χ3n) is 4.48. The molecule has 0 bridgehead atoms. The van der Waals surface area contributed by atoms with Crippen LogP contribution in [0.15, 0.2) is 84.9 Å². The smallest absolute Gasteiger partial charge is 0.252 e. The summed E-state index contributed by atoms with van der Waals surface area (Å²) in [6.07, 6.45) is 0. The Morgan fingerprint density at radius 1 is 0.714 bits per heavy atom. The third-order valence-corrected chi connectivity index (χ3v) is 4.48. The highest BCUT2D eigenvalue weighted by Crippen LogP contribution is 2.22. The minimum absolute atomic E-state index is 0.0505. The van der Waals surface area contributed by atoms with E-state index in [1.54, 1.807) is 24.3 Å². The Balaban J connectivity index is 1.78. The van der Waals surface area contributed by atoms with Crippen molar-refractivity contribution < 1.29 is 9.59 Å². The summed E-state index contributed by atoms with van der Waals surface area (Å²) < 4.78 is 0. The standard InChI is InChI=1S/C24H24N2O2/c1-17(2)23(27)25-21-15-13-20(14-16-21)24(28)26-22(18-9-5-3-6-10-18)19-11-7-4-8-12-19/h3-17,22H,1-2H3,(H,25,27)(H,26,28). The zero-order valence-corrected chi connectivity index (χ0v) is 16.1. The molecule has 0 saturated heterocycles. The first-order valence-electron chi connectivity index (χ1n) is 9.36. The first kappa shape index (κ1) is 19.4. The molecule has 0 saturated carbocycles. The second-order valence-electron chi connectivity index (χ2n) is 6.95. The molecule has 0 aliphatic rings. The van der Waals surface area contributed by atoms with Crippen molar-refractivity contribution in [3.63, 3.8) is 0 Å². The first-order chi connectivity index (χ1) is 13.5. The van der Waals surface area contributed by atoms with Crippen LogP contribution in [-0.2, 0) is 4.79 Å². The Kier molecular flexibility index (Phi) is 6.22. The van der Waals surface area contributed by atoms with Gasteiger partial charge in [-0.15, -0.1) is 0 Å². The summed E-state index contributed by atoms with van der Waals surface area (Å²) in [5.41, 5.74) is 3.25. The summed E-state index contributed by atoms with van der Waals surface area (Å²) >= 11 is 0. The Labute approximate surface area is 165 Å². The van der Waals surface area contributed by atoms with E-state index in [0.29, 0.717) is 11.3 Å². The number of hydrogen-bond acceptors (Lipinski definition) is 2. The minimum Gasteiger partial charge on any atom is -0.341 e. The fraction of sp³-hybridized carbons (Fsp3) is 0.167. The maximum Gasteiger partial charge on any atom is 0.252 e. The molecule has 0 aromatic heterocycles. The van der Waals surface area contributed by atoms with Crippen molar-refractivity contribution in [2.75, 3.05) is 5.32 Å². The molecular formula is C24H24N2O2. The molecule has 0 atom stereocenters. The molecule has 4 heteroatoms. The van der Waals surface area contributed by atoms with Gasteiger partial charge in [0.25, 0.3) is 5.91 Å². The second-order valence-corrected chi connectivity index (χ2v) is 6.95. The van der Waals surface area contributed by atoms with Gasteiger partial charge in [-0.25, -0.2) is 0 Å². The number of hydrogen-bond donors (Lipinski definition) is 2. The average Bonchev–Trinajstić information content (AvgIpc) is 2.73. The molecule has 3 rings (SSSR count). The van der Waals surface area contributed by atoms with E-state index < -0.39 is 0 Å². The summed E-state index contributed by atoms with van der Waals surface area (Å²) in [5, 5.41) is 5.95. The van der Waals surface area contributed by atoms with Crippen LogP contribution in [0.1, 0.15) is 41.4 Å². The molecule has 2 amide bonds. The number of carbonyl (C=O) groups is 2. The lowest BCUT2D eigenvalue weighted by molar-refractivity contribution is -0.118. The van der Waals surface area contributed by atoms with E-state index in [1.807, 2.05) is 74.5 Å². The van der Waals surface area contributed by atoms with Crippen LogP contribution in [0.5, 0.6) is 0 Å². The van der Waals surface area contributed by atoms with Crippen molar-refractivity contribution in [2.45, 2.75) is 19.9 Å². The van der Waals surface area contributed by atoms with Crippen molar-refractivity contribution in [1.29, 1.82) is 0 Å². The molecule has 0 radical (unpaired) electrons. The highest BCUT2D eigenvalue weighted by atomic mass is 16.2. The zero-order valence-electron chi connectivity index (χ0n) is 16.1. The molecule has 3 aromatic carbocycles. The topological polar surface area (TPSA) is 58.2 Å². The van der Waals surface area contributed by atoms with E-state index in [-0.39, 0.29) is 23.8 Å². The highest BCUT2D eigenvalue weighted by Gasteiger charge is 2.17. The molecule has 0 heterocycles. The largest absolute Gasteiger partial charge is 0.341 e. The molecule has 142 valence electrons. The van der Waals surface area contributed by atoms with Gasteiger partial charge in [0, 0.05) is 17.2 Å². The normalized spacial score (nSPS) is 10.7. The lowest BCUT2D eigenvalue weighted by Gasteiger charge is -2.20. The van der Waals surface area contributed by atoms with E-state index in [1.165, 1.54) is 0 Å². The van der Waals surface area contributed by atoms with Crippen LogP contribution in [0, 0.1) is 5.92 Å². The number of anilines is 1. The van der Waals surface area contributed by atoms with Gasteiger partial charge in [-0.2, -0.15) is 0 Å². The first-order valence-corrected chi connectivity index (χ1v) is 9.36. The van der Waals surface area contributed by atoms with Crippen molar-refractivity contribution in [2.24, 2.45) is 5.92 Å². The fourth-order valence-electron chi connectivity index (χ4n) is 2.86. The molecule has 28 heavy (non-hydrogen) atoms. The van der Waals surface area contributed by atoms with Crippen molar-refractivity contribution in [3.8, 4) is 0 Å². The Hall–Kier alpha value is -3.40. The summed E-state index contributed by atoms with van der Waals surface area (Å²) in [7, 11) is 0. The number of amides is 2. The monoisotopic (exact) mass is 372 g/mol. The molecule has 0 unspecified atom stereocenters. The molecular weight excluding hydrogens is 348 g/mol. The Bertz CT molecular complexity index is 880. The van der Waals surface area contributed by atoms with Crippen LogP contribution >= 0.6 is 0 Å². The van der Waals surface area contributed by atoms with Gasteiger partial charge in [0.1, 0.15) is 0 Å². The quantitative estimate of drug-likeness (QED) is 0.653. The second kappa shape index (κ2) is 9.00. The lowest BCUT2D eigenvalue weighted by Crippen LogP contribution is -2.29. The Morgan fingerprint density at radius 2 is 1.21 bits per heavy atom. The summed E-state index contributed by atoms with van der Waals surface area (Å²) in [6, 6.07) is 26.5. The van der Waals surface area contributed by atoms with Gasteiger partial charge < -0.3 is 10.6 Å². The highest BCUT2D eigenvalue weighted by molar-refractivity contribution is 5.96. The predicted octanol–water partition coefficient (Wildman–Crippen LogP) is 4.80. The fourth-order valence-corrected chi connectivity index (χ4v) is 2.86. The van der Waals surface area contributed by atoms with E-state index >= 15 is 0 Å². The minimum atomic E-state index is -0.241. The van der Waals surface area contributed by atoms with Crippen molar-refractivity contribution >= 4 is 17.5 Å². The third kappa shape index (κ3) is 4.86. The van der Waals surface area contributed by atoms with Gasteiger partial charge in [0.05, 0.1) is 6.04 Å². The maximum atomic E-state index is 12.8. The average molecular weight is 372 g/mol. The van der Waals surface area contributed by atoms with E-state index in [0.717, 1.165) is 11.1 Å². The molecule has 0 spiro atoms. The maximum absolute atomic E-state index is 12.8. The van der Waals surface area contributed by atoms with Crippen LogP contribution < -0.4 is 10.6 Å². The number of carbonyl (C=O) groups excluding carboxylic acids is 2. The number of nitrogens with one attached hydrogen (secondary N) is 2. The molecule has 2 N–H and O–H groups in total. The van der Waals surface area contributed by atoms with E-state index in [9.17, 15) is 9.59 Å². The molecule has 3 aromatic rings. The number of benzene rings is 3. The van der Waals surface area contributed by atoms with E-state index in [2.05, 4.69) is 10.6 Å². The van der Waals surface area contributed by atoms with Gasteiger partial charge in [-0.3, -0.25) is 9.59 Å². The molecule has 0 fully saturated rings. The van der Waals surface area contributed by atoms with E-state index in [4.69, 9.17) is 0 Å². The van der Waals surface area contributed by atoms with Crippen LogP contribution in [-0.4, -0.2) is 11.8 Å². The van der Waals surface area contributed by atoms with Crippen LogP contribution in [0.25, 0.3) is 0 Å². The van der Waals surface area contributed by atoms with Crippen LogP contribution in [0.4, 0.5) is 5.69 Å². The molecule has 0 aliphatic heterocycles. The van der Waals surface area contributed by atoms with Crippen molar-refractivity contribution in [1.82, 2.24) is 5.32 Å². The SMILES string of the molecule is CC(C)C(=O)Nc1ccc(C(=O)NC(c2ccccc2)c2ccccc2)cc1. The summed E-state index contributed by atoms with van der Waals surface area (Å²) in [6.45, 7) is 3.68. The molecule has 0 aliphatic carbocycles. The predicted molar refractivity (Wildman–Crippen MR) is 112 cm³/mol. The summed E-state index contributed by atoms with van der Waals surface area (Å²) in [5.74, 6) is -0.314. The van der Waals surface area contributed by atoms with Gasteiger partial charge in [0.15, 0.2) is 0 Å².